The predicted molar refractivity (Wildman–Crippen MR) is 118 cm³/mol. The molecule has 1 saturated heterocycles. The van der Waals surface area contributed by atoms with Gasteiger partial charge in [-0.15, -0.1) is 0 Å². The van der Waals surface area contributed by atoms with Crippen LogP contribution in [-0.4, -0.2) is 76.7 Å². The van der Waals surface area contributed by atoms with E-state index in [1.54, 1.807) is 0 Å². The molecule has 1 amide bonds. The fourth-order valence-electron chi connectivity index (χ4n) is 5.87. The Labute approximate surface area is 184 Å². The number of hydrogen-bond acceptors (Lipinski definition) is 4. The molecule has 2 unspecified atom stereocenters. The predicted octanol–water partition coefficient (Wildman–Crippen LogP) is 3.57. The Kier molecular flexibility index (Phi) is 7.93. The van der Waals surface area contributed by atoms with E-state index in [-0.39, 0.29) is 18.1 Å². The molecule has 6 heteroatoms. The van der Waals surface area contributed by atoms with Crippen LogP contribution in [0.2, 0.25) is 0 Å². The van der Waals surface area contributed by atoms with Crippen LogP contribution in [-0.2, 0) is 9.53 Å². The highest BCUT2D eigenvalue weighted by atomic mass is 79.9. The summed E-state index contributed by atoms with van der Waals surface area (Å²) in [5, 5.41) is 10.7. The van der Waals surface area contributed by atoms with Crippen molar-refractivity contribution < 1.29 is 14.6 Å². The number of carbonyl (C=O) groups excluding carboxylic acids is 1. The lowest BCUT2D eigenvalue weighted by atomic mass is 9.85. The van der Waals surface area contributed by atoms with Gasteiger partial charge in [0.25, 0.3) is 0 Å². The smallest absolute Gasteiger partial charge is 0.233 e. The minimum Gasteiger partial charge on any atom is -0.391 e. The topological polar surface area (TPSA) is 53.0 Å². The number of aliphatic hydroxyl groups excluding tert-OH is 1. The number of halogens is 1. The van der Waals surface area contributed by atoms with Crippen LogP contribution in [0.25, 0.3) is 0 Å². The van der Waals surface area contributed by atoms with Gasteiger partial charge in [0.05, 0.1) is 17.5 Å². The summed E-state index contributed by atoms with van der Waals surface area (Å²) in [7, 11) is 0. The van der Waals surface area contributed by atoms with Crippen LogP contribution >= 0.6 is 15.9 Å². The van der Waals surface area contributed by atoms with Crippen molar-refractivity contribution in [3.05, 3.63) is 0 Å². The average molecular weight is 471 g/mol. The lowest BCUT2D eigenvalue weighted by Gasteiger charge is -2.45. The van der Waals surface area contributed by atoms with Crippen LogP contribution in [0.5, 0.6) is 0 Å². The first-order valence-corrected chi connectivity index (χ1v) is 13.1. The zero-order chi connectivity index (χ0) is 20.2. The van der Waals surface area contributed by atoms with Crippen molar-refractivity contribution in [3.8, 4) is 0 Å². The summed E-state index contributed by atoms with van der Waals surface area (Å²) in [6.45, 7) is 4.14. The fourth-order valence-corrected chi connectivity index (χ4v) is 6.16. The van der Waals surface area contributed by atoms with Gasteiger partial charge in [-0.3, -0.25) is 4.79 Å². The third-order valence-electron chi connectivity index (χ3n) is 7.83. The van der Waals surface area contributed by atoms with Crippen molar-refractivity contribution in [2.24, 2.45) is 11.8 Å². The highest BCUT2D eigenvalue weighted by Crippen LogP contribution is 2.34. The molecule has 0 radical (unpaired) electrons. The minimum atomic E-state index is -0.339. The third kappa shape index (κ3) is 5.75. The molecular weight excluding hydrogens is 432 g/mol. The molecule has 2 atom stereocenters. The molecule has 1 heterocycles. The first-order valence-electron chi connectivity index (χ1n) is 12.0. The standard InChI is InChI=1S/C23H39BrN2O3/c24-14-23(28)26(21-2-1-3-22(21)27)20-10-12-25(13-11-20)19-8-6-18(7-9-19)16-29-15-17-4-5-17/h17-22,27H,1-16H2. The average Bonchev–Trinajstić information content (AvgIpc) is 3.49. The highest BCUT2D eigenvalue weighted by Gasteiger charge is 2.39. The van der Waals surface area contributed by atoms with E-state index in [1.807, 2.05) is 0 Å². The summed E-state index contributed by atoms with van der Waals surface area (Å²) in [5.41, 5.74) is 0. The molecule has 5 nitrogen and oxygen atoms in total. The number of hydrogen-bond donors (Lipinski definition) is 1. The van der Waals surface area contributed by atoms with Crippen molar-refractivity contribution in [3.63, 3.8) is 0 Å². The van der Waals surface area contributed by atoms with Gasteiger partial charge in [0.15, 0.2) is 0 Å². The van der Waals surface area contributed by atoms with Gasteiger partial charge in [0.2, 0.25) is 5.91 Å². The summed E-state index contributed by atoms with van der Waals surface area (Å²) < 4.78 is 5.93. The Morgan fingerprint density at radius 2 is 1.55 bits per heavy atom. The van der Waals surface area contributed by atoms with Crippen molar-refractivity contribution in [2.45, 2.75) is 94.9 Å². The van der Waals surface area contributed by atoms with Crippen molar-refractivity contribution >= 4 is 21.8 Å². The van der Waals surface area contributed by atoms with Gasteiger partial charge in [0, 0.05) is 38.4 Å². The van der Waals surface area contributed by atoms with E-state index in [9.17, 15) is 9.90 Å². The maximum absolute atomic E-state index is 12.6. The highest BCUT2D eigenvalue weighted by molar-refractivity contribution is 9.09. The lowest BCUT2D eigenvalue weighted by molar-refractivity contribution is -0.137. The lowest BCUT2D eigenvalue weighted by Crippen LogP contribution is -2.55. The van der Waals surface area contributed by atoms with Crippen LogP contribution in [0.3, 0.4) is 0 Å². The molecule has 4 fully saturated rings. The van der Waals surface area contributed by atoms with Gasteiger partial charge in [-0.25, -0.2) is 0 Å². The van der Waals surface area contributed by atoms with Crippen molar-refractivity contribution in [2.75, 3.05) is 31.6 Å². The maximum atomic E-state index is 12.6. The van der Waals surface area contributed by atoms with Gasteiger partial charge in [-0.2, -0.15) is 0 Å². The van der Waals surface area contributed by atoms with E-state index in [2.05, 4.69) is 25.7 Å². The Hall–Kier alpha value is -0.170. The molecule has 0 aromatic carbocycles. The van der Waals surface area contributed by atoms with Crippen LogP contribution in [0, 0.1) is 11.8 Å². The number of piperidine rings is 1. The Bertz CT molecular complexity index is 528. The number of likely N-dealkylation sites (tertiary alicyclic amines) is 1. The number of aliphatic hydroxyl groups is 1. The maximum Gasteiger partial charge on any atom is 0.233 e. The normalized spacial score (nSPS) is 34.4. The van der Waals surface area contributed by atoms with E-state index in [0.29, 0.717) is 17.4 Å². The van der Waals surface area contributed by atoms with E-state index in [4.69, 9.17) is 4.74 Å². The van der Waals surface area contributed by atoms with Gasteiger partial charge >= 0.3 is 0 Å². The molecule has 3 saturated carbocycles. The molecule has 1 aliphatic heterocycles. The molecule has 3 aliphatic carbocycles. The SMILES string of the molecule is O=C(CBr)N(C1CCN(C2CCC(COCC3CC3)CC2)CC1)C1CCCC1O. The number of rotatable bonds is 8. The molecule has 4 aliphatic rings. The number of amides is 1. The van der Waals surface area contributed by atoms with Gasteiger partial charge < -0.3 is 19.6 Å². The molecule has 0 aromatic rings. The van der Waals surface area contributed by atoms with Crippen LogP contribution in [0.4, 0.5) is 0 Å². The first-order chi connectivity index (χ1) is 14.2. The number of nitrogens with zero attached hydrogens (tertiary/aromatic N) is 2. The van der Waals surface area contributed by atoms with E-state index in [1.165, 1.54) is 38.5 Å². The second-order valence-electron chi connectivity index (χ2n) is 9.92. The summed E-state index contributed by atoms with van der Waals surface area (Å²) in [5.74, 6) is 1.79. The first kappa shape index (κ1) is 22.0. The van der Waals surface area contributed by atoms with Gasteiger partial charge in [-0.1, -0.05) is 15.9 Å². The van der Waals surface area contributed by atoms with Crippen molar-refractivity contribution in [1.29, 1.82) is 0 Å². The molecule has 0 spiro atoms. The van der Waals surface area contributed by atoms with Crippen LogP contribution < -0.4 is 0 Å². The molecule has 1 N–H and O–H groups in total. The van der Waals surface area contributed by atoms with Gasteiger partial charge in [0.1, 0.15) is 0 Å². The number of carbonyl (C=O) groups is 1. The Morgan fingerprint density at radius 3 is 2.07 bits per heavy atom. The second kappa shape index (κ2) is 10.4. The summed E-state index contributed by atoms with van der Waals surface area (Å²) in [4.78, 5) is 17.4. The largest absolute Gasteiger partial charge is 0.391 e. The number of alkyl halides is 1. The number of ether oxygens (including phenoxy) is 1. The quantitative estimate of drug-likeness (QED) is 0.550. The summed E-state index contributed by atoms with van der Waals surface area (Å²) in [6, 6.07) is 1.04. The molecule has 166 valence electrons. The molecule has 0 bridgehead atoms. The van der Waals surface area contributed by atoms with E-state index < -0.39 is 0 Å². The summed E-state index contributed by atoms with van der Waals surface area (Å²) >= 11 is 3.36. The summed E-state index contributed by atoms with van der Waals surface area (Å²) in [6.07, 6.45) is 12.5. The molecular formula is C23H39BrN2O3. The minimum absolute atomic E-state index is 0.0303. The fraction of sp³-hybridized carbons (Fsp3) is 0.957. The van der Waals surface area contributed by atoms with Crippen molar-refractivity contribution in [1.82, 2.24) is 9.80 Å². The zero-order valence-corrected chi connectivity index (χ0v) is 19.4. The van der Waals surface area contributed by atoms with Gasteiger partial charge in [-0.05, 0) is 82.5 Å². The Balaban J connectivity index is 1.21. The second-order valence-corrected chi connectivity index (χ2v) is 10.5. The van der Waals surface area contributed by atoms with E-state index >= 15 is 0 Å². The van der Waals surface area contributed by atoms with E-state index in [0.717, 1.165) is 70.2 Å². The third-order valence-corrected chi connectivity index (χ3v) is 8.31. The van der Waals surface area contributed by atoms with Crippen LogP contribution in [0.1, 0.15) is 70.6 Å². The monoisotopic (exact) mass is 470 g/mol. The zero-order valence-electron chi connectivity index (χ0n) is 17.8. The van der Waals surface area contributed by atoms with Crippen LogP contribution in [0.15, 0.2) is 0 Å². The Morgan fingerprint density at radius 1 is 0.931 bits per heavy atom. The molecule has 4 rings (SSSR count). The molecule has 29 heavy (non-hydrogen) atoms. The molecule has 0 aromatic heterocycles.